The molecular formula is C9H12BrN. The highest BCUT2D eigenvalue weighted by molar-refractivity contribution is 9.10. The molecule has 0 aliphatic rings. The van der Waals surface area contributed by atoms with Crippen LogP contribution in [0.4, 0.5) is 0 Å². The van der Waals surface area contributed by atoms with Crippen LogP contribution in [0.3, 0.4) is 0 Å². The van der Waals surface area contributed by atoms with Crippen molar-refractivity contribution in [2.24, 2.45) is 0 Å². The Morgan fingerprint density at radius 2 is 1.91 bits per heavy atom. The summed E-state index contributed by atoms with van der Waals surface area (Å²) < 4.78 is 0.894. The Balaban J connectivity index is 2.99. The molecule has 0 saturated heterocycles. The van der Waals surface area contributed by atoms with E-state index in [1.165, 1.54) is 5.56 Å². The van der Waals surface area contributed by atoms with E-state index in [1.54, 1.807) is 0 Å². The van der Waals surface area contributed by atoms with Gasteiger partial charge < -0.3 is 0 Å². The van der Waals surface area contributed by atoms with Gasteiger partial charge in [-0.25, -0.2) is 4.98 Å². The molecule has 0 radical (unpaired) electrons. The summed E-state index contributed by atoms with van der Waals surface area (Å²) >= 11 is 3.30. The lowest BCUT2D eigenvalue weighted by atomic mass is 9.88. The lowest BCUT2D eigenvalue weighted by Crippen LogP contribution is -2.10. The molecule has 1 heterocycles. The summed E-state index contributed by atoms with van der Waals surface area (Å²) in [5.74, 6) is 0. The highest BCUT2D eigenvalue weighted by atomic mass is 79.9. The molecule has 11 heavy (non-hydrogen) atoms. The van der Waals surface area contributed by atoms with Crippen molar-refractivity contribution in [1.29, 1.82) is 0 Å². The Bertz CT molecular complexity index is 233. The number of nitrogens with zero attached hydrogens (tertiary/aromatic N) is 1. The maximum absolute atomic E-state index is 4.16. The zero-order valence-corrected chi connectivity index (χ0v) is 8.64. The van der Waals surface area contributed by atoms with E-state index in [2.05, 4.69) is 47.8 Å². The zero-order valence-electron chi connectivity index (χ0n) is 7.06. The lowest BCUT2D eigenvalue weighted by Gasteiger charge is -2.17. The predicted octanol–water partition coefficient (Wildman–Crippen LogP) is 3.14. The molecular weight excluding hydrogens is 202 g/mol. The van der Waals surface area contributed by atoms with Crippen LogP contribution in [-0.4, -0.2) is 4.98 Å². The number of pyridine rings is 1. The summed E-state index contributed by atoms with van der Waals surface area (Å²) in [5, 5.41) is 0. The molecule has 1 aromatic heterocycles. The molecule has 0 atom stereocenters. The average molecular weight is 214 g/mol. The van der Waals surface area contributed by atoms with Crippen LogP contribution in [0, 0.1) is 0 Å². The van der Waals surface area contributed by atoms with E-state index < -0.39 is 0 Å². The van der Waals surface area contributed by atoms with Gasteiger partial charge in [0.15, 0.2) is 0 Å². The first-order valence-corrected chi connectivity index (χ1v) is 4.41. The number of hydrogen-bond donors (Lipinski definition) is 0. The molecule has 0 unspecified atom stereocenters. The minimum atomic E-state index is 0.202. The van der Waals surface area contributed by atoms with Crippen LogP contribution in [0.25, 0.3) is 0 Å². The van der Waals surface area contributed by atoms with Gasteiger partial charge in [-0.1, -0.05) is 26.8 Å². The Morgan fingerprint density at radius 3 is 2.27 bits per heavy atom. The normalized spacial score (nSPS) is 11.6. The molecule has 0 N–H and O–H groups in total. The van der Waals surface area contributed by atoms with Gasteiger partial charge >= 0.3 is 0 Å². The third kappa shape index (κ3) is 2.29. The fourth-order valence-electron chi connectivity index (χ4n) is 0.819. The number of aromatic nitrogens is 1. The first-order valence-electron chi connectivity index (χ1n) is 3.62. The largest absolute Gasteiger partial charge is 0.249 e. The van der Waals surface area contributed by atoms with E-state index in [0.29, 0.717) is 0 Å². The summed E-state index contributed by atoms with van der Waals surface area (Å²) in [4.78, 5) is 4.16. The van der Waals surface area contributed by atoms with Crippen molar-refractivity contribution >= 4 is 15.9 Å². The standard InChI is InChI=1S/C9H12BrN/c1-9(2,3)7-4-5-8(10)11-6-7/h4-6H,1-3H3. The fourth-order valence-corrected chi connectivity index (χ4v) is 1.05. The second-order valence-corrected chi connectivity index (χ2v) is 4.43. The molecule has 0 bridgehead atoms. The molecule has 0 aliphatic heterocycles. The van der Waals surface area contributed by atoms with Crippen LogP contribution in [0.5, 0.6) is 0 Å². The van der Waals surface area contributed by atoms with Gasteiger partial charge in [-0.3, -0.25) is 0 Å². The summed E-state index contributed by atoms with van der Waals surface area (Å²) in [6, 6.07) is 4.07. The van der Waals surface area contributed by atoms with Gasteiger partial charge in [0.05, 0.1) is 0 Å². The highest BCUT2D eigenvalue weighted by Gasteiger charge is 2.12. The second-order valence-electron chi connectivity index (χ2n) is 3.62. The Kier molecular flexibility index (Phi) is 2.33. The summed E-state index contributed by atoms with van der Waals surface area (Å²) in [6.45, 7) is 6.54. The number of halogens is 1. The van der Waals surface area contributed by atoms with Crippen molar-refractivity contribution in [1.82, 2.24) is 4.98 Å². The second kappa shape index (κ2) is 2.94. The molecule has 0 fully saturated rings. The Morgan fingerprint density at radius 1 is 1.27 bits per heavy atom. The Hall–Kier alpha value is -0.370. The molecule has 1 nitrogen and oxygen atoms in total. The van der Waals surface area contributed by atoms with Crippen molar-refractivity contribution in [3.8, 4) is 0 Å². The van der Waals surface area contributed by atoms with Gasteiger partial charge in [-0.05, 0) is 33.0 Å². The number of rotatable bonds is 0. The van der Waals surface area contributed by atoms with Crippen molar-refractivity contribution in [3.63, 3.8) is 0 Å². The van der Waals surface area contributed by atoms with Crippen LogP contribution < -0.4 is 0 Å². The SMILES string of the molecule is CC(C)(C)c1ccc(Br)nc1. The predicted molar refractivity (Wildman–Crippen MR) is 50.6 cm³/mol. The van der Waals surface area contributed by atoms with Crippen LogP contribution in [0.2, 0.25) is 0 Å². The molecule has 2 heteroatoms. The molecule has 0 spiro atoms. The highest BCUT2D eigenvalue weighted by Crippen LogP contribution is 2.21. The van der Waals surface area contributed by atoms with Crippen molar-refractivity contribution in [2.75, 3.05) is 0 Å². The van der Waals surface area contributed by atoms with Gasteiger partial charge in [-0.2, -0.15) is 0 Å². The summed E-state index contributed by atoms with van der Waals surface area (Å²) in [6.07, 6.45) is 1.91. The zero-order chi connectivity index (χ0) is 8.48. The summed E-state index contributed by atoms with van der Waals surface area (Å²) in [7, 11) is 0. The van der Waals surface area contributed by atoms with Gasteiger partial charge in [0, 0.05) is 6.20 Å². The topological polar surface area (TPSA) is 12.9 Å². The molecule has 0 saturated carbocycles. The van der Waals surface area contributed by atoms with E-state index in [4.69, 9.17) is 0 Å². The van der Waals surface area contributed by atoms with E-state index >= 15 is 0 Å². The smallest absolute Gasteiger partial charge is 0.106 e. The van der Waals surface area contributed by atoms with Gasteiger partial charge in [0.2, 0.25) is 0 Å². The third-order valence-corrected chi connectivity index (χ3v) is 2.06. The first kappa shape index (κ1) is 8.72. The van der Waals surface area contributed by atoms with Crippen LogP contribution >= 0.6 is 15.9 Å². The van der Waals surface area contributed by atoms with E-state index in [9.17, 15) is 0 Å². The molecule has 0 aromatic carbocycles. The molecule has 1 rings (SSSR count). The first-order chi connectivity index (χ1) is 5.00. The Labute approximate surface area is 76.0 Å². The number of hydrogen-bond acceptors (Lipinski definition) is 1. The maximum atomic E-state index is 4.16. The molecule has 0 amide bonds. The van der Waals surface area contributed by atoms with E-state index in [0.717, 1.165) is 4.60 Å². The van der Waals surface area contributed by atoms with Crippen LogP contribution in [-0.2, 0) is 5.41 Å². The molecule has 1 aromatic rings. The third-order valence-electron chi connectivity index (χ3n) is 1.59. The quantitative estimate of drug-likeness (QED) is 0.604. The van der Waals surface area contributed by atoms with E-state index in [-0.39, 0.29) is 5.41 Å². The minimum absolute atomic E-state index is 0.202. The fraction of sp³-hybridized carbons (Fsp3) is 0.444. The van der Waals surface area contributed by atoms with Crippen LogP contribution in [0.1, 0.15) is 26.3 Å². The minimum Gasteiger partial charge on any atom is -0.249 e. The van der Waals surface area contributed by atoms with Crippen molar-refractivity contribution in [3.05, 3.63) is 28.5 Å². The lowest BCUT2D eigenvalue weighted by molar-refractivity contribution is 0.587. The van der Waals surface area contributed by atoms with Gasteiger partial charge in [0.1, 0.15) is 4.60 Å². The monoisotopic (exact) mass is 213 g/mol. The molecule has 0 aliphatic carbocycles. The van der Waals surface area contributed by atoms with E-state index in [1.807, 2.05) is 12.3 Å². The van der Waals surface area contributed by atoms with Gasteiger partial charge in [-0.15, -0.1) is 0 Å². The van der Waals surface area contributed by atoms with Gasteiger partial charge in [0.25, 0.3) is 0 Å². The van der Waals surface area contributed by atoms with Crippen LogP contribution in [0.15, 0.2) is 22.9 Å². The van der Waals surface area contributed by atoms with Crippen molar-refractivity contribution in [2.45, 2.75) is 26.2 Å². The van der Waals surface area contributed by atoms with Crippen molar-refractivity contribution < 1.29 is 0 Å². The summed E-state index contributed by atoms with van der Waals surface area (Å²) in [5.41, 5.74) is 1.47. The average Bonchev–Trinajstić information content (AvgIpc) is 1.86. The molecule has 60 valence electrons. The maximum Gasteiger partial charge on any atom is 0.106 e.